The van der Waals surface area contributed by atoms with Gasteiger partial charge in [-0.25, -0.2) is 0 Å². The average Bonchev–Trinajstić information content (AvgIpc) is 2.41. The van der Waals surface area contributed by atoms with E-state index in [1.54, 1.807) is 0 Å². The van der Waals surface area contributed by atoms with Crippen molar-refractivity contribution in [1.29, 1.82) is 0 Å². The summed E-state index contributed by atoms with van der Waals surface area (Å²) < 4.78 is 6.32. The number of ether oxygens (including phenoxy) is 1. The van der Waals surface area contributed by atoms with E-state index in [0.29, 0.717) is 11.5 Å². The standard InChI is InChI=1S/C18H35NO/c1-7-15(4)14-16(19-8-2)18(20-9-3)12-10-17(5,6)11-13-18/h16,19H,4,7-14H2,1-3,5-6H3. The van der Waals surface area contributed by atoms with Crippen LogP contribution in [0.1, 0.15) is 73.1 Å². The summed E-state index contributed by atoms with van der Waals surface area (Å²) in [5.74, 6) is 0. The van der Waals surface area contributed by atoms with Crippen LogP contribution < -0.4 is 5.32 Å². The van der Waals surface area contributed by atoms with E-state index in [4.69, 9.17) is 4.74 Å². The average molecular weight is 281 g/mol. The van der Waals surface area contributed by atoms with Gasteiger partial charge in [-0.05, 0) is 57.4 Å². The predicted molar refractivity (Wildman–Crippen MR) is 88.1 cm³/mol. The Kier molecular flexibility index (Phi) is 6.74. The topological polar surface area (TPSA) is 21.3 Å². The molecule has 2 nitrogen and oxygen atoms in total. The van der Waals surface area contributed by atoms with E-state index in [0.717, 1.165) is 26.0 Å². The van der Waals surface area contributed by atoms with E-state index in [1.807, 2.05) is 0 Å². The molecule has 0 radical (unpaired) electrons. The Morgan fingerprint density at radius 2 is 1.75 bits per heavy atom. The van der Waals surface area contributed by atoms with Gasteiger partial charge in [0.1, 0.15) is 0 Å². The summed E-state index contributed by atoms with van der Waals surface area (Å²) in [6.45, 7) is 17.3. The van der Waals surface area contributed by atoms with E-state index >= 15 is 0 Å². The first-order chi connectivity index (χ1) is 9.39. The molecule has 1 unspecified atom stereocenters. The van der Waals surface area contributed by atoms with Crippen molar-refractivity contribution in [3.63, 3.8) is 0 Å². The second-order valence-corrected chi connectivity index (χ2v) is 7.08. The molecule has 2 heteroatoms. The van der Waals surface area contributed by atoms with Crippen molar-refractivity contribution in [1.82, 2.24) is 5.32 Å². The maximum absolute atomic E-state index is 6.32. The largest absolute Gasteiger partial charge is 0.374 e. The third-order valence-corrected chi connectivity index (χ3v) is 4.96. The number of rotatable bonds is 8. The maximum Gasteiger partial charge on any atom is 0.0838 e. The van der Waals surface area contributed by atoms with Crippen LogP contribution in [-0.4, -0.2) is 24.8 Å². The molecule has 0 heterocycles. The lowest BCUT2D eigenvalue weighted by Crippen LogP contribution is -2.55. The van der Waals surface area contributed by atoms with Crippen molar-refractivity contribution in [3.05, 3.63) is 12.2 Å². The van der Waals surface area contributed by atoms with E-state index < -0.39 is 0 Å². The third kappa shape index (κ3) is 4.60. The smallest absolute Gasteiger partial charge is 0.0838 e. The normalized spacial score (nSPS) is 22.4. The fourth-order valence-electron chi connectivity index (χ4n) is 3.35. The van der Waals surface area contributed by atoms with E-state index in [1.165, 1.54) is 31.3 Å². The van der Waals surface area contributed by atoms with Crippen LogP contribution in [0.5, 0.6) is 0 Å². The zero-order chi connectivity index (χ0) is 15.2. The molecule has 0 bridgehead atoms. The molecule has 1 rings (SSSR count). The Balaban J connectivity index is 2.86. The van der Waals surface area contributed by atoms with Crippen LogP contribution in [0.25, 0.3) is 0 Å². The van der Waals surface area contributed by atoms with Crippen molar-refractivity contribution in [2.45, 2.75) is 84.8 Å². The Labute approximate surface area is 126 Å². The van der Waals surface area contributed by atoms with Gasteiger partial charge in [-0.2, -0.15) is 0 Å². The summed E-state index contributed by atoms with van der Waals surface area (Å²) in [4.78, 5) is 0. The molecule has 118 valence electrons. The molecule has 20 heavy (non-hydrogen) atoms. The fraction of sp³-hybridized carbons (Fsp3) is 0.889. The summed E-state index contributed by atoms with van der Waals surface area (Å²) in [6, 6.07) is 0.413. The van der Waals surface area contributed by atoms with Crippen molar-refractivity contribution in [2.24, 2.45) is 5.41 Å². The van der Waals surface area contributed by atoms with Gasteiger partial charge in [0.15, 0.2) is 0 Å². The summed E-state index contributed by atoms with van der Waals surface area (Å²) in [5.41, 5.74) is 1.82. The van der Waals surface area contributed by atoms with Gasteiger partial charge in [0, 0.05) is 12.6 Å². The molecular formula is C18H35NO. The maximum atomic E-state index is 6.32. The number of hydrogen-bond donors (Lipinski definition) is 1. The van der Waals surface area contributed by atoms with Crippen molar-refractivity contribution >= 4 is 0 Å². The lowest BCUT2D eigenvalue weighted by molar-refractivity contribution is -0.106. The van der Waals surface area contributed by atoms with Gasteiger partial charge >= 0.3 is 0 Å². The van der Waals surface area contributed by atoms with E-state index in [9.17, 15) is 0 Å². The molecule has 1 aliphatic rings. The lowest BCUT2D eigenvalue weighted by atomic mass is 9.67. The van der Waals surface area contributed by atoms with Gasteiger partial charge < -0.3 is 10.1 Å². The molecule has 0 saturated heterocycles. The highest BCUT2D eigenvalue weighted by Gasteiger charge is 2.44. The highest BCUT2D eigenvalue weighted by Crippen LogP contribution is 2.44. The second-order valence-electron chi connectivity index (χ2n) is 7.08. The molecule has 1 saturated carbocycles. The van der Waals surface area contributed by atoms with Crippen LogP contribution in [0.2, 0.25) is 0 Å². The third-order valence-electron chi connectivity index (χ3n) is 4.96. The van der Waals surface area contributed by atoms with Crippen molar-refractivity contribution < 1.29 is 4.74 Å². The molecule has 0 spiro atoms. The van der Waals surface area contributed by atoms with Crippen LogP contribution in [0, 0.1) is 5.41 Å². The minimum atomic E-state index is 0.0123. The molecule has 1 N–H and O–H groups in total. The Bertz CT molecular complexity index is 299. The van der Waals surface area contributed by atoms with Crippen molar-refractivity contribution in [2.75, 3.05) is 13.2 Å². The Morgan fingerprint density at radius 1 is 1.15 bits per heavy atom. The monoisotopic (exact) mass is 281 g/mol. The highest BCUT2D eigenvalue weighted by atomic mass is 16.5. The highest BCUT2D eigenvalue weighted by molar-refractivity contribution is 5.06. The van der Waals surface area contributed by atoms with Gasteiger partial charge in [0.25, 0.3) is 0 Å². The van der Waals surface area contributed by atoms with E-state index in [-0.39, 0.29) is 5.60 Å². The van der Waals surface area contributed by atoms with Gasteiger partial charge in [-0.3, -0.25) is 0 Å². The zero-order valence-corrected chi connectivity index (χ0v) is 14.3. The lowest BCUT2D eigenvalue weighted by Gasteiger charge is -2.48. The summed E-state index contributed by atoms with van der Waals surface area (Å²) in [5, 5.41) is 3.68. The first-order valence-electron chi connectivity index (χ1n) is 8.43. The first kappa shape index (κ1) is 17.7. The van der Waals surface area contributed by atoms with Crippen LogP contribution in [0.4, 0.5) is 0 Å². The van der Waals surface area contributed by atoms with Crippen molar-refractivity contribution in [3.8, 4) is 0 Å². The van der Waals surface area contributed by atoms with Gasteiger partial charge in [0.2, 0.25) is 0 Å². The molecule has 0 amide bonds. The quantitative estimate of drug-likeness (QED) is 0.651. The number of likely N-dealkylation sites (N-methyl/N-ethyl adjacent to an activating group) is 1. The summed E-state index contributed by atoms with van der Waals surface area (Å²) in [6.07, 6.45) is 6.96. The molecule has 0 aromatic carbocycles. The predicted octanol–water partition coefficient (Wildman–Crippen LogP) is 4.70. The first-order valence-corrected chi connectivity index (χ1v) is 8.43. The molecule has 0 aliphatic heterocycles. The Morgan fingerprint density at radius 3 is 2.20 bits per heavy atom. The van der Waals surface area contributed by atoms with Crippen LogP contribution in [0.15, 0.2) is 12.2 Å². The number of hydrogen-bond acceptors (Lipinski definition) is 2. The molecule has 0 aromatic heterocycles. The molecular weight excluding hydrogens is 246 g/mol. The van der Waals surface area contributed by atoms with Crippen LogP contribution >= 0.6 is 0 Å². The van der Waals surface area contributed by atoms with Gasteiger partial charge in [-0.15, -0.1) is 0 Å². The second kappa shape index (κ2) is 7.61. The minimum Gasteiger partial charge on any atom is -0.374 e. The molecule has 1 fully saturated rings. The van der Waals surface area contributed by atoms with Crippen LogP contribution in [0.3, 0.4) is 0 Å². The SMILES string of the molecule is C=C(CC)CC(NCC)C1(OCC)CCC(C)(C)CC1. The number of nitrogens with one attached hydrogen (secondary N) is 1. The van der Waals surface area contributed by atoms with Gasteiger partial charge in [0.05, 0.1) is 5.60 Å². The van der Waals surface area contributed by atoms with E-state index in [2.05, 4.69) is 46.5 Å². The fourth-order valence-corrected chi connectivity index (χ4v) is 3.35. The molecule has 1 aliphatic carbocycles. The summed E-state index contributed by atoms with van der Waals surface area (Å²) in [7, 11) is 0. The molecule has 1 atom stereocenters. The minimum absolute atomic E-state index is 0.0123. The Hall–Kier alpha value is -0.340. The van der Waals surface area contributed by atoms with Crippen LogP contribution in [-0.2, 0) is 4.74 Å². The van der Waals surface area contributed by atoms with Gasteiger partial charge in [-0.1, -0.05) is 39.8 Å². The molecule has 0 aromatic rings. The zero-order valence-electron chi connectivity index (χ0n) is 14.3. The summed E-state index contributed by atoms with van der Waals surface area (Å²) >= 11 is 0.